The van der Waals surface area contributed by atoms with Gasteiger partial charge in [0.05, 0.1) is 34.3 Å². The predicted molar refractivity (Wildman–Crippen MR) is 132 cm³/mol. The highest BCUT2D eigenvalue weighted by Gasteiger charge is 2.16. The van der Waals surface area contributed by atoms with Gasteiger partial charge >= 0.3 is 0 Å². The second kappa shape index (κ2) is 10.3. The Balaban J connectivity index is 1.41. The lowest BCUT2D eigenvalue weighted by Gasteiger charge is -2.27. The first-order valence-corrected chi connectivity index (χ1v) is 11.7. The van der Waals surface area contributed by atoms with Crippen molar-refractivity contribution in [3.05, 3.63) is 77.8 Å². The number of allylic oxidation sites excluding steroid dienone is 2. The molecule has 1 saturated heterocycles. The Hall–Kier alpha value is -3.36. The molecule has 0 aliphatic carbocycles. The van der Waals surface area contributed by atoms with Crippen LogP contribution in [-0.4, -0.2) is 54.1 Å². The maximum atomic E-state index is 14.0. The molecule has 3 N–H and O–H groups in total. The molecule has 3 aromatic rings. The summed E-state index contributed by atoms with van der Waals surface area (Å²) >= 11 is 0. The van der Waals surface area contributed by atoms with Gasteiger partial charge in [-0.05, 0) is 55.4 Å². The van der Waals surface area contributed by atoms with Gasteiger partial charge in [0.2, 0.25) is 0 Å². The zero-order valence-electron chi connectivity index (χ0n) is 19.0. The van der Waals surface area contributed by atoms with Gasteiger partial charge in [-0.15, -0.1) is 0 Å². The first-order valence-electron chi connectivity index (χ1n) is 11.7. The molecule has 0 spiro atoms. The smallest absolute Gasteiger partial charge is 0.159 e. The van der Waals surface area contributed by atoms with E-state index in [0.717, 1.165) is 91.9 Å². The number of hydrogen-bond acceptors (Lipinski definition) is 6. The minimum atomic E-state index is -0.869. The molecule has 0 atom stereocenters. The summed E-state index contributed by atoms with van der Waals surface area (Å²) in [6, 6.07) is 9.87. The van der Waals surface area contributed by atoms with Crippen molar-refractivity contribution < 1.29 is 8.78 Å². The average molecular weight is 463 g/mol. The minimum Gasteiger partial charge on any atom is -0.382 e. The summed E-state index contributed by atoms with van der Waals surface area (Å²) < 4.78 is 27.5. The molecule has 0 amide bonds. The van der Waals surface area contributed by atoms with E-state index in [-0.39, 0.29) is 0 Å². The van der Waals surface area contributed by atoms with Crippen LogP contribution < -0.4 is 16.0 Å². The third-order valence-electron chi connectivity index (χ3n) is 6.23. The molecule has 5 rings (SSSR count). The molecule has 1 fully saturated rings. The Morgan fingerprint density at radius 3 is 2.74 bits per heavy atom. The number of aromatic nitrogens is 2. The first kappa shape index (κ1) is 22.4. The van der Waals surface area contributed by atoms with Crippen LogP contribution in [0.15, 0.2) is 54.9 Å². The number of piperazine rings is 1. The van der Waals surface area contributed by atoms with E-state index in [4.69, 9.17) is 4.98 Å². The highest BCUT2D eigenvalue weighted by Crippen LogP contribution is 2.31. The van der Waals surface area contributed by atoms with Crippen LogP contribution in [0.3, 0.4) is 0 Å². The van der Waals surface area contributed by atoms with E-state index in [2.05, 4.69) is 25.8 Å². The van der Waals surface area contributed by atoms with Gasteiger partial charge in [0.1, 0.15) is 0 Å². The van der Waals surface area contributed by atoms with Crippen molar-refractivity contribution in [2.24, 2.45) is 0 Å². The van der Waals surface area contributed by atoms with Gasteiger partial charge in [-0.2, -0.15) is 0 Å². The molecule has 0 unspecified atom stereocenters. The van der Waals surface area contributed by atoms with Crippen LogP contribution in [0.5, 0.6) is 0 Å². The van der Waals surface area contributed by atoms with Crippen molar-refractivity contribution in [2.45, 2.75) is 12.8 Å². The van der Waals surface area contributed by atoms with Gasteiger partial charge < -0.3 is 16.0 Å². The fourth-order valence-electron chi connectivity index (χ4n) is 4.40. The third kappa shape index (κ3) is 5.08. The maximum Gasteiger partial charge on any atom is 0.159 e. The quantitative estimate of drug-likeness (QED) is 0.515. The molecule has 8 heteroatoms. The molecule has 6 nitrogen and oxygen atoms in total. The van der Waals surface area contributed by atoms with Crippen molar-refractivity contribution in [3.63, 3.8) is 0 Å². The molecule has 2 aromatic heterocycles. The zero-order chi connectivity index (χ0) is 23.3. The lowest BCUT2D eigenvalue weighted by Crippen LogP contribution is -2.45. The Labute approximate surface area is 197 Å². The third-order valence-corrected chi connectivity index (χ3v) is 6.23. The van der Waals surface area contributed by atoms with Gasteiger partial charge in [-0.1, -0.05) is 6.08 Å². The fraction of sp³-hybridized carbons (Fsp3) is 0.308. The molecule has 1 aromatic carbocycles. The number of nitrogens with zero attached hydrogens (tertiary/aromatic N) is 3. The van der Waals surface area contributed by atoms with Gasteiger partial charge in [-0.25, -0.2) is 13.8 Å². The van der Waals surface area contributed by atoms with E-state index in [1.54, 1.807) is 6.07 Å². The second-order valence-corrected chi connectivity index (χ2v) is 8.54. The number of fused-ring (bicyclic) bond motifs is 1. The molecule has 0 radical (unpaired) electrons. The summed E-state index contributed by atoms with van der Waals surface area (Å²) in [6.07, 6.45) is 7.25. The number of rotatable bonds is 6. The van der Waals surface area contributed by atoms with Gasteiger partial charge in [-0.3, -0.25) is 9.88 Å². The molecule has 0 bridgehead atoms. The van der Waals surface area contributed by atoms with E-state index in [0.29, 0.717) is 5.56 Å². The number of hydrogen-bond donors (Lipinski definition) is 3. The highest BCUT2D eigenvalue weighted by atomic mass is 19.2. The largest absolute Gasteiger partial charge is 0.382 e. The van der Waals surface area contributed by atoms with Crippen LogP contribution >= 0.6 is 0 Å². The van der Waals surface area contributed by atoms with Crippen molar-refractivity contribution in [1.82, 2.24) is 25.5 Å². The number of anilines is 1. The number of benzene rings is 1. The monoisotopic (exact) mass is 462 g/mol. The SMILES string of the molecule is Fc1ccc(C2=C(c3ccc4ncc(NCCN5CCNCC5)cc4n3)CCC=CN2)cc1F. The Kier molecular flexibility index (Phi) is 6.78. The van der Waals surface area contributed by atoms with Gasteiger partial charge in [0, 0.05) is 50.4 Å². The van der Waals surface area contributed by atoms with Crippen LogP contribution in [0.4, 0.5) is 14.5 Å². The summed E-state index contributed by atoms with van der Waals surface area (Å²) in [5.74, 6) is -1.73. The number of pyridine rings is 2. The molecule has 2 aliphatic rings. The molecule has 2 aliphatic heterocycles. The summed E-state index contributed by atoms with van der Waals surface area (Å²) in [4.78, 5) is 11.9. The molecule has 176 valence electrons. The summed E-state index contributed by atoms with van der Waals surface area (Å²) in [7, 11) is 0. The lowest BCUT2D eigenvalue weighted by atomic mass is 9.99. The molecule has 0 saturated carbocycles. The van der Waals surface area contributed by atoms with Crippen molar-refractivity contribution in [2.75, 3.05) is 44.6 Å². The normalized spacial score (nSPS) is 17.0. The standard InChI is InChI=1S/C26H28F2N6/c27-21-5-4-18(15-22(21)28)26-20(3-1-2-8-31-26)23-6-7-24-25(33-23)16-19(17-32-24)30-11-14-34-12-9-29-10-13-34/h2,4-8,15-17,29-31H,1,3,9-14H2. The second-order valence-electron chi connectivity index (χ2n) is 8.54. The van der Waals surface area contributed by atoms with Crippen molar-refractivity contribution in [1.29, 1.82) is 0 Å². The average Bonchev–Trinajstić information content (AvgIpc) is 3.12. The number of halogens is 2. The Morgan fingerprint density at radius 1 is 1.00 bits per heavy atom. The van der Waals surface area contributed by atoms with Gasteiger partial charge in [0.15, 0.2) is 11.6 Å². The van der Waals surface area contributed by atoms with Crippen LogP contribution in [0.2, 0.25) is 0 Å². The first-order chi connectivity index (χ1) is 16.7. The van der Waals surface area contributed by atoms with E-state index in [1.807, 2.05) is 36.7 Å². The predicted octanol–water partition coefficient (Wildman–Crippen LogP) is 3.99. The fourth-order valence-corrected chi connectivity index (χ4v) is 4.40. The van der Waals surface area contributed by atoms with Crippen molar-refractivity contribution >= 4 is 28.0 Å². The maximum absolute atomic E-state index is 14.0. The summed E-state index contributed by atoms with van der Waals surface area (Å²) in [5, 5.41) is 10.1. The zero-order valence-corrected chi connectivity index (χ0v) is 19.0. The van der Waals surface area contributed by atoms with Crippen LogP contribution in [-0.2, 0) is 0 Å². The van der Waals surface area contributed by atoms with Crippen LogP contribution in [0.1, 0.15) is 24.1 Å². The topological polar surface area (TPSA) is 65.1 Å². The molecular formula is C26H28F2N6. The Morgan fingerprint density at radius 2 is 1.88 bits per heavy atom. The van der Waals surface area contributed by atoms with E-state index < -0.39 is 11.6 Å². The lowest BCUT2D eigenvalue weighted by molar-refractivity contribution is 0.249. The van der Waals surface area contributed by atoms with Crippen LogP contribution in [0.25, 0.3) is 22.3 Å². The molecule has 34 heavy (non-hydrogen) atoms. The highest BCUT2D eigenvalue weighted by molar-refractivity contribution is 5.91. The summed E-state index contributed by atoms with van der Waals surface area (Å²) in [6.45, 7) is 6.04. The Bertz CT molecular complexity index is 1230. The molecular weight excluding hydrogens is 434 g/mol. The van der Waals surface area contributed by atoms with Gasteiger partial charge in [0.25, 0.3) is 0 Å². The van der Waals surface area contributed by atoms with E-state index in [9.17, 15) is 8.78 Å². The van der Waals surface area contributed by atoms with Crippen molar-refractivity contribution in [3.8, 4) is 0 Å². The summed E-state index contributed by atoms with van der Waals surface area (Å²) in [5.41, 5.74) is 5.60. The molecule has 4 heterocycles. The minimum absolute atomic E-state index is 0.587. The van der Waals surface area contributed by atoms with E-state index >= 15 is 0 Å². The van der Waals surface area contributed by atoms with E-state index in [1.165, 1.54) is 6.07 Å². The van der Waals surface area contributed by atoms with Crippen LogP contribution in [0, 0.1) is 11.6 Å². The number of nitrogens with one attached hydrogen (secondary N) is 3.